The molecule has 0 bridgehead atoms. The summed E-state index contributed by atoms with van der Waals surface area (Å²) in [5, 5.41) is 7.38. The quantitative estimate of drug-likeness (QED) is 0.618. The molecule has 0 aliphatic heterocycles. The lowest BCUT2D eigenvalue weighted by Crippen LogP contribution is -2.33. The van der Waals surface area contributed by atoms with E-state index >= 15 is 0 Å². The van der Waals surface area contributed by atoms with Crippen molar-refractivity contribution in [3.8, 4) is 0 Å². The molecule has 2 heteroatoms. The zero-order valence-electron chi connectivity index (χ0n) is 16.0. The number of nitrogens with one attached hydrogen (secondary N) is 2. The lowest BCUT2D eigenvalue weighted by Gasteiger charge is -2.29. The zero-order valence-corrected chi connectivity index (χ0v) is 16.0. The Bertz CT molecular complexity index is 543. The highest BCUT2D eigenvalue weighted by Crippen LogP contribution is 2.28. The van der Waals surface area contributed by atoms with E-state index in [1.54, 1.807) is 0 Å². The number of hydrogen-bond acceptors (Lipinski definition) is 2. The molecular formula is C24H34N2. The molecule has 3 rings (SSSR count). The number of rotatable bonds is 10. The minimum atomic E-state index is 0.862. The molecule has 0 aromatic heterocycles. The summed E-state index contributed by atoms with van der Waals surface area (Å²) in [6.07, 6.45) is 7.86. The predicted molar refractivity (Wildman–Crippen MR) is 111 cm³/mol. The van der Waals surface area contributed by atoms with Crippen LogP contribution in [0.5, 0.6) is 0 Å². The smallest absolute Gasteiger partial charge is 0.000824 e. The fourth-order valence-electron chi connectivity index (χ4n) is 4.14. The molecule has 1 fully saturated rings. The van der Waals surface area contributed by atoms with Gasteiger partial charge >= 0.3 is 0 Å². The first-order valence-corrected chi connectivity index (χ1v) is 10.4. The van der Waals surface area contributed by atoms with Crippen molar-refractivity contribution in [3.05, 3.63) is 71.8 Å². The van der Waals surface area contributed by atoms with Crippen LogP contribution in [0.4, 0.5) is 0 Å². The van der Waals surface area contributed by atoms with E-state index < -0.39 is 0 Å². The highest BCUT2D eigenvalue weighted by Gasteiger charge is 2.21. The Labute approximate surface area is 159 Å². The van der Waals surface area contributed by atoms with Gasteiger partial charge in [0.2, 0.25) is 0 Å². The summed E-state index contributed by atoms with van der Waals surface area (Å²) in [6, 6.07) is 21.6. The van der Waals surface area contributed by atoms with Gasteiger partial charge < -0.3 is 10.6 Å². The van der Waals surface area contributed by atoms with E-state index in [4.69, 9.17) is 0 Å². The van der Waals surface area contributed by atoms with Gasteiger partial charge in [-0.3, -0.25) is 0 Å². The van der Waals surface area contributed by atoms with E-state index in [0.29, 0.717) is 0 Å². The van der Waals surface area contributed by atoms with Crippen LogP contribution in [0.3, 0.4) is 0 Å². The lowest BCUT2D eigenvalue weighted by atomic mass is 9.81. The Hall–Kier alpha value is -1.64. The van der Waals surface area contributed by atoms with Crippen molar-refractivity contribution in [3.63, 3.8) is 0 Å². The van der Waals surface area contributed by atoms with E-state index in [2.05, 4.69) is 71.3 Å². The predicted octanol–water partition coefficient (Wildman–Crippen LogP) is 4.46. The first-order chi connectivity index (χ1) is 12.9. The standard InChI is InChI=1S/C24H34N2/c1-3-8-21(9-4-1)14-16-25-19-23-12-7-13-24(18-23)20-26-17-15-22-10-5-2-6-11-22/h1-6,8-11,23-26H,7,12-20H2. The van der Waals surface area contributed by atoms with E-state index in [0.717, 1.165) is 37.8 Å². The second-order valence-electron chi connectivity index (χ2n) is 7.78. The molecule has 2 N–H and O–H groups in total. The lowest BCUT2D eigenvalue weighted by molar-refractivity contribution is 0.254. The van der Waals surface area contributed by atoms with Crippen molar-refractivity contribution in [1.82, 2.24) is 10.6 Å². The fourth-order valence-corrected chi connectivity index (χ4v) is 4.14. The molecule has 0 radical (unpaired) electrons. The van der Waals surface area contributed by atoms with Gasteiger partial charge in [0.1, 0.15) is 0 Å². The van der Waals surface area contributed by atoms with E-state index in [1.165, 1.54) is 49.9 Å². The molecule has 140 valence electrons. The summed E-state index contributed by atoms with van der Waals surface area (Å²) in [6.45, 7) is 4.57. The Morgan fingerprint density at radius 3 is 1.58 bits per heavy atom. The summed E-state index contributed by atoms with van der Waals surface area (Å²) >= 11 is 0. The van der Waals surface area contributed by atoms with Gasteiger partial charge in [0.05, 0.1) is 0 Å². The maximum absolute atomic E-state index is 3.69. The molecule has 2 atom stereocenters. The molecule has 0 spiro atoms. The molecule has 0 saturated heterocycles. The Morgan fingerprint density at radius 2 is 1.12 bits per heavy atom. The second kappa shape index (κ2) is 11.2. The van der Waals surface area contributed by atoms with Crippen molar-refractivity contribution >= 4 is 0 Å². The molecule has 2 nitrogen and oxygen atoms in total. The van der Waals surface area contributed by atoms with Crippen LogP contribution in [0.15, 0.2) is 60.7 Å². The average molecular weight is 351 g/mol. The average Bonchev–Trinajstić information content (AvgIpc) is 2.71. The van der Waals surface area contributed by atoms with Crippen LogP contribution in [-0.4, -0.2) is 26.2 Å². The van der Waals surface area contributed by atoms with Crippen LogP contribution in [-0.2, 0) is 12.8 Å². The number of hydrogen-bond donors (Lipinski definition) is 2. The van der Waals surface area contributed by atoms with Gasteiger partial charge in [0.25, 0.3) is 0 Å². The van der Waals surface area contributed by atoms with Crippen LogP contribution in [0.1, 0.15) is 36.8 Å². The number of benzene rings is 2. The molecule has 1 saturated carbocycles. The Kier molecular flexibility index (Phi) is 8.21. The summed E-state index contributed by atoms with van der Waals surface area (Å²) in [5.41, 5.74) is 2.87. The summed E-state index contributed by atoms with van der Waals surface area (Å²) in [7, 11) is 0. The normalized spacial score (nSPS) is 20.2. The topological polar surface area (TPSA) is 24.1 Å². The molecule has 0 heterocycles. The highest BCUT2D eigenvalue weighted by molar-refractivity contribution is 5.15. The maximum atomic E-state index is 3.69. The monoisotopic (exact) mass is 350 g/mol. The minimum absolute atomic E-state index is 0.862. The summed E-state index contributed by atoms with van der Waals surface area (Å²) in [5.74, 6) is 1.72. The first kappa shape index (κ1) is 19.1. The molecule has 26 heavy (non-hydrogen) atoms. The van der Waals surface area contributed by atoms with E-state index in [1.807, 2.05) is 0 Å². The van der Waals surface area contributed by atoms with Gasteiger partial charge in [0, 0.05) is 0 Å². The zero-order chi connectivity index (χ0) is 17.9. The molecule has 2 aromatic carbocycles. The van der Waals surface area contributed by atoms with Crippen molar-refractivity contribution in [2.45, 2.75) is 38.5 Å². The third-order valence-corrected chi connectivity index (χ3v) is 5.62. The molecule has 0 amide bonds. The van der Waals surface area contributed by atoms with Crippen LogP contribution in [0.2, 0.25) is 0 Å². The molecule has 1 aliphatic carbocycles. The molecule has 2 unspecified atom stereocenters. The van der Waals surface area contributed by atoms with E-state index in [-0.39, 0.29) is 0 Å². The van der Waals surface area contributed by atoms with Crippen LogP contribution in [0, 0.1) is 11.8 Å². The van der Waals surface area contributed by atoms with Gasteiger partial charge in [-0.25, -0.2) is 0 Å². The molecular weight excluding hydrogens is 316 g/mol. The third kappa shape index (κ3) is 6.93. The maximum Gasteiger partial charge on any atom is -0.000824 e. The highest BCUT2D eigenvalue weighted by atomic mass is 14.9. The SMILES string of the molecule is c1ccc(CCNCC2CCCC(CNCCc3ccccc3)C2)cc1. The van der Waals surface area contributed by atoms with Crippen LogP contribution < -0.4 is 10.6 Å². The molecule has 1 aliphatic rings. The van der Waals surface area contributed by atoms with Gasteiger partial charge in [-0.15, -0.1) is 0 Å². The summed E-state index contributed by atoms with van der Waals surface area (Å²) < 4.78 is 0. The van der Waals surface area contributed by atoms with Gasteiger partial charge in [-0.2, -0.15) is 0 Å². The van der Waals surface area contributed by atoms with Gasteiger partial charge in [-0.05, 0) is 81.2 Å². The fraction of sp³-hybridized carbons (Fsp3) is 0.500. The largest absolute Gasteiger partial charge is 0.316 e. The van der Waals surface area contributed by atoms with Crippen molar-refractivity contribution in [2.75, 3.05) is 26.2 Å². The van der Waals surface area contributed by atoms with Crippen molar-refractivity contribution in [1.29, 1.82) is 0 Å². The minimum Gasteiger partial charge on any atom is -0.316 e. The van der Waals surface area contributed by atoms with Gasteiger partial charge in [0.15, 0.2) is 0 Å². The van der Waals surface area contributed by atoms with Crippen molar-refractivity contribution < 1.29 is 0 Å². The second-order valence-corrected chi connectivity index (χ2v) is 7.78. The van der Waals surface area contributed by atoms with Crippen LogP contribution >= 0.6 is 0 Å². The van der Waals surface area contributed by atoms with Crippen LogP contribution in [0.25, 0.3) is 0 Å². The Balaban J connectivity index is 1.26. The third-order valence-electron chi connectivity index (χ3n) is 5.62. The van der Waals surface area contributed by atoms with Crippen molar-refractivity contribution in [2.24, 2.45) is 11.8 Å². The Morgan fingerprint density at radius 1 is 0.654 bits per heavy atom. The molecule has 2 aromatic rings. The van der Waals surface area contributed by atoms with E-state index in [9.17, 15) is 0 Å². The summed E-state index contributed by atoms with van der Waals surface area (Å²) in [4.78, 5) is 0. The first-order valence-electron chi connectivity index (χ1n) is 10.4. The van der Waals surface area contributed by atoms with Gasteiger partial charge in [-0.1, -0.05) is 67.1 Å².